The summed E-state index contributed by atoms with van der Waals surface area (Å²) < 4.78 is 10.7. The van der Waals surface area contributed by atoms with E-state index >= 15 is 0 Å². The van der Waals surface area contributed by atoms with Gasteiger partial charge in [0.25, 0.3) is 0 Å². The molecule has 0 aliphatic carbocycles. The second kappa shape index (κ2) is 6.16. The highest BCUT2D eigenvalue weighted by molar-refractivity contribution is 5.89. The molecule has 2 atom stereocenters. The van der Waals surface area contributed by atoms with E-state index in [1.54, 1.807) is 12.1 Å². The van der Waals surface area contributed by atoms with Crippen molar-refractivity contribution < 1.29 is 14.3 Å². The van der Waals surface area contributed by atoms with Gasteiger partial charge in [-0.25, -0.2) is 4.79 Å². The van der Waals surface area contributed by atoms with Gasteiger partial charge in [-0.3, -0.25) is 0 Å². The van der Waals surface area contributed by atoms with Crippen LogP contribution in [-0.2, 0) is 9.47 Å². The van der Waals surface area contributed by atoms with Crippen molar-refractivity contribution >= 4 is 5.97 Å². The Labute approximate surface area is 123 Å². The summed E-state index contributed by atoms with van der Waals surface area (Å²) in [5, 5.41) is 3.84. The van der Waals surface area contributed by atoms with Crippen LogP contribution in [0.15, 0.2) is 29.4 Å². The fourth-order valence-electron chi connectivity index (χ4n) is 2.70. The first-order chi connectivity index (χ1) is 9.95. The lowest BCUT2D eigenvalue weighted by atomic mass is 9.88. The normalized spacial score (nSPS) is 24.0. The van der Waals surface area contributed by atoms with Crippen molar-refractivity contribution in [3.63, 3.8) is 0 Å². The Morgan fingerprint density at radius 1 is 1.43 bits per heavy atom. The molecule has 0 aromatic heterocycles. The number of benzene rings is 1. The molecule has 1 fully saturated rings. The predicted molar refractivity (Wildman–Crippen MR) is 77.9 cm³/mol. The van der Waals surface area contributed by atoms with Crippen molar-refractivity contribution in [2.75, 3.05) is 7.11 Å². The number of hydrogen-bond acceptors (Lipinski definition) is 4. The molecule has 0 bridgehead atoms. The quantitative estimate of drug-likeness (QED) is 0.367. The number of carbonyl (C=O) groups excluding carboxylic acids is 1. The van der Waals surface area contributed by atoms with Gasteiger partial charge in [-0.15, -0.1) is 0 Å². The summed E-state index contributed by atoms with van der Waals surface area (Å²) in [6.07, 6.45) is 1.20. The van der Waals surface area contributed by atoms with Crippen LogP contribution in [0.1, 0.15) is 48.7 Å². The van der Waals surface area contributed by atoms with Gasteiger partial charge >= 0.3 is 5.97 Å². The Hall–Kier alpha value is -2.04. The highest BCUT2D eigenvalue weighted by atomic mass is 16.5. The monoisotopic (exact) mass is 289 g/mol. The van der Waals surface area contributed by atoms with Crippen molar-refractivity contribution in [3.05, 3.63) is 45.8 Å². The second-order valence-corrected chi connectivity index (χ2v) is 5.78. The van der Waals surface area contributed by atoms with Crippen molar-refractivity contribution in [1.29, 1.82) is 0 Å². The summed E-state index contributed by atoms with van der Waals surface area (Å²) in [7, 11) is 1.35. The lowest BCUT2D eigenvalue weighted by Crippen LogP contribution is -2.37. The zero-order valence-electron chi connectivity index (χ0n) is 12.4. The number of esters is 1. The van der Waals surface area contributed by atoms with Crippen molar-refractivity contribution in [2.45, 2.75) is 44.4 Å². The highest BCUT2D eigenvalue weighted by Gasteiger charge is 2.35. The van der Waals surface area contributed by atoms with Crippen LogP contribution in [0.4, 0.5) is 0 Å². The third kappa shape index (κ3) is 3.74. The number of rotatable bonds is 3. The number of azide groups is 1. The Morgan fingerprint density at radius 2 is 2.10 bits per heavy atom. The zero-order chi connectivity index (χ0) is 15.5. The van der Waals surface area contributed by atoms with Crippen LogP contribution in [0.25, 0.3) is 10.4 Å². The number of nitrogens with zero attached hydrogens (tertiary/aromatic N) is 3. The Bertz CT molecular complexity index is 562. The van der Waals surface area contributed by atoms with Gasteiger partial charge in [-0.2, -0.15) is 0 Å². The molecule has 0 unspecified atom stereocenters. The van der Waals surface area contributed by atoms with Crippen molar-refractivity contribution in [3.8, 4) is 0 Å². The lowest BCUT2D eigenvalue weighted by Gasteiger charge is -2.39. The van der Waals surface area contributed by atoms with Gasteiger partial charge < -0.3 is 9.47 Å². The third-order valence-corrected chi connectivity index (χ3v) is 3.59. The molecule has 0 saturated carbocycles. The van der Waals surface area contributed by atoms with E-state index in [0.717, 1.165) is 5.56 Å². The molecule has 0 spiro atoms. The van der Waals surface area contributed by atoms with Gasteiger partial charge in [0.05, 0.1) is 24.4 Å². The number of carbonyl (C=O) groups is 1. The van der Waals surface area contributed by atoms with E-state index in [4.69, 9.17) is 10.3 Å². The average Bonchev–Trinajstić information content (AvgIpc) is 2.45. The van der Waals surface area contributed by atoms with E-state index in [0.29, 0.717) is 18.4 Å². The second-order valence-electron chi connectivity index (χ2n) is 5.78. The molecule has 6 nitrogen and oxygen atoms in total. The molecule has 1 aromatic carbocycles. The van der Waals surface area contributed by atoms with Gasteiger partial charge in [-0.1, -0.05) is 17.2 Å². The maximum atomic E-state index is 11.4. The molecular weight excluding hydrogens is 270 g/mol. The molecular formula is C15H19N3O3. The summed E-state index contributed by atoms with van der Waals surface area (Å²) in [6, 6.07) is 7.06. The lowest BCUT2D eigenvalue weighted by molar-refractivity contribution is -0.114. The van der Waals surface area contributed by atoms with Crippen molar-refractivity contribution in [1.82, 2.24) is 0 Å². The molecule has 2 rings (SSSR count). The van der Waals surface area contributed by atoms with Crippen LogP contribution in [-0.4, -0.2) is 24.7 Å². The number of hydrogen-bond donors (Lipinski definition) is 0. The van der Waals surface area contributed by atoms with Gasteiger partial charge in [0.1, 0.15) is 0 Å². The molecule has 1 saturated heterocycles. The minimum absolute atomic E-state index is 0.0796. The highest BCUT2D eigenvalue weighted by Crippen LogP contribution is 2.38. The van der Waals surface area contributed by atoms with Gasteiger partial charge in [0.2, 0.25) is 0 Å². The van der Waals surface area contributed by atoms with Crippen LogP contribution < -0.4 is 0 Å². The Balaban J connectivity index is 2.20. The molecule has 112 valence electrons. The van der Waals surface area contributed by atoms with E-state index in [2.05, 4.69) is 14.8 Å². The molecule has 0 N–H and O–H groups in total. The number of methoxy groups -OCH3 is 1. The van der Waals surface area contributed by atoms with Gasteiger partial charge in [-0.05, 0) is 49.9 Å². The fourth-order valence-corrected chi connectivity index (χ4v) is 2.70. The number of ether oxygens (including phenoxy) is 2. The van der Waals surface area contributed by atoms with Crippen LogP contribution in [0.5, 0.6) is 0 Å². The van der Waals surface area contributed by atoms with Gasteiger partial charge in [0.15, 0.2) is 0 Å². The summed E-state index contributed by atoms with van der Waals surface area (Å²) in [5.41, 5.74) is 9.76. The summed E-state index contributed by atoms with van der Waals surface area (Å²) in [5.74, 6) is -0.363. The molecule has 0 radical (unpaired) electrons. The zero-order valence-corrected chi connectivity index (χ0v) is 12.4. The summed E-state index contributed by atoms with van der Waals surface area (Å²) >= 11 is 0. The summed E-state index contributed by atoms with van der Waals surface area (Å²) in [6.45, 7) is 3.98. The maximum absolute atomic E-state index is 11.4. The first-order valence-corrected chi connectivity index (χ1v) is 6.85. The van der Waals surface area contributed by atoms with E-state index < -0.39 is 0 Å². The van der Waals surface area contributed by atoms with Crippen LogP contribution >= 0.6 is 0 Å². The minimum Gasteiger partial charge on any atom is -0.465 e. The van der Waals surface area contributed by atoms with E-state index in [1.807, 2.05) is 26.0 Å². The Kier molecular flexibility index (Phi) is 4.50. The first-order valence-electron chi connectivity index (χ1n) is 6.85. The van der Waals surface area contributed by atoms with Crippen molar-refractivity contribution in [2.24, 2.45) is 5.11 Å². The molecule has 1 aliphatic rings. The molecule has 21 heavy (non-hydrogen) atoms. The predicted octanol–water partition coefficient (Wildman–Crippen LogP) is 3.78. The standard InChI is InChI=1S/C15H19N3O3/c1-15(2)9-12(17-18-16)8-13(21-15)10-4-6-11(7-5-10)14(19)20-3/h4-7,12-13H,8-9H2,1-3H3/t12-,13-/m1/s1. The maximum Gasteiger partial charge on any atom is 0.337 e. The third-order valence-electron chi connectivity index (χ3n) is 3.59. The largest absolute Gasteiger partial charge is 0.465 e. The van der Waals surface area contributed by atoms with Crippen LogP contribution in [0.3, 0.4) is 0 Å². The average molecular weight is 289 g/mol. The fraction of sp³-hybridized carbons (Fsp3) is 0.533. The molecule has 0 amide bonds. The van der Waals surface area contributed by atoms with E-state index in [-0.39, 0.29) is 23.7 Å². The van der Waals surface area contributed by atoms with Crippen LogP contribution in [0.2, 0.25) is 0 Å². The van der Waals surface area contributed by atoms with Crippen LogP contribution in [0, 0.1) is 0 Å². The minimum atomic E-state index is -0.363. The molecule has 6 heteroatoms. The van der Waals surface area contributed by atoms with E-state index in [9.17, 15) is 4.79 Å². The Morgan fingerprint density at radius 3 is 2.67 bits per heavy atom. The summed E-state index contributed by atoms with van der Waals surface area (Å²) in [4.78, 5) is 14.3. The molecule has 1 aliphatic heterocycles. The first kappa shape index (κ1) is 15.4. The SMILES string of the molecule is COC(=O)c1ccc([C@H]2C[C@@H](N=[N+]=[N-])CC(C)(C)O2)cc1. The van der Waals surface area contributed by atoms with Gasteiger partial charge in [0, 0.05) is 11.0 Å². The smallest absolute Gasteiger partial charge is 0.337 e. The molecule has 1 heterocycles. The molecule has 1 aromatic rings. The van der Waals surface area contributed by atoms with E-state index in [1.165, 1.54) is 7.11 Å². The topological polar surface area (TPSA) is 84.3 Å².